The van der Waals surface area contributed by atoms with E-state index in [0.29, 0.717) is 0 Å². The van der Waals surface area contributed by atoms with E-state index < -0.39 is 0 Å². The molecular weight excluding hydrogens is 190 g/mol. The lowest BCUT2D eigenvalue weighted by Gasteiger charge is -2.34. The molecule has 1 saturated heterocycles. The minimum atomic E-state index is 0.213. The summed E-state index contributed by atoms with van der Waals surface area (Å²) < 4.78 is 0. The summed E-state index contributed by atoms with van der Waals surface area (Å²) in [5.74, 6) is 0.213. The third-order valence-corrected chi connectivity index (χ3v) is 2.97. The molecule has 1 heterocycles. The molecule has 15 heavy (non-hydrogen) atoms. The molecule has 0 unspecified atom stereocenters. The van der Waals surface area contributed by atoms with Crippen molar-refractivity contribution in [1.29, 1.82) is 0 Å². The van der Waals surface area contributed by atoms with E-state index in [0.717, 1.165) is 32.7 Å². The lowest BCUT2D eigenvalue weighted by molar-refractivity contribution is -0.130. The van der Waals surface area contributed by atoms with Gasteiger partial charge in [0.1, 0.15) is 0 Å². The average Bonchev–Trinajstić information content (AvgIpc) is 2.25. The van der Waals surface area contributed by atoms with Crippen molar-refractivity contribution in [3.8, 4) is 0 Å². The Bertz CT molecular complexity index is 188. The Hall–Kier alpha value is -0.610. The van der Waals surface area contributed by atoms with Crippen LogP contribution in [0.2, 0.25) is 0 Å². The summed E-state index contributed by atoms with van der Waals surface area (Å²) >= 11 is 0. The van der Waals surface area contributed by atoms with Crippen LogP contribution in [0.4, 0.5) is 0 Å². The van der Waals surface area contributed by atoms with E-state index >= 15 is 0 Å². The van der Waals surface area contributed by atoms with Gasteiger partial charge in [0.15, 0.2) is 0 Å². The Labute approximate surface area is 92.6 Å². The number of unbranched alkanes of at least 4 members (excludes halogenated alkanes) is 1. The first-order valence-corrected chi connectivity index (χ1v) is 5.86. The van der Waals surface area contributed by atoms with Gasteiger partial charge in [-0.15, -0.1) is 0 Å². The van der Waals surface area contributed by atoms with E-state index in [9.17, 15) is 4.79 Å². The summed E-state index contributed by atoms with van der Waals surface area (Å²) in [4.78, 5) is 15.5. The molecule has 1 rings (SSSR count). The second kappa shape index (κ2) is 6.80. The Morgan fingerprint density at radius 3 is 2.40 bits per heavy atom. The minimum Gasteiger partial charge on any atom is -0.340 e. The predicted molar refractivity (Wildman–Crippen MR) is 61.9 cm³/mol. The van der Waals surface area contributed by atoms with Crippen molar-refractivity contribution in [2.45, 2.75) is 19.8 Å². The highest BCUT2D eigenvalue weighted by atomic mass is 16.2. The highest BCUT2D eigenvalue weighted by Gasteiger charge is 2.17. The Morgan fingerprint density at radius 2 is 1.87 bits per heavy atom. The summed E-state index contributed by atoms with van der Waals surface area (Å²) in [5, 5.41) is 3.16. The van der Waals surface area contributed by atoms with Gasteiger partial charge in [-0.3, -0.25) is 9.69 Å². The minimum absolute atomic E-state index is 0.213. The molecule has 0 atom stereocenters. The van der Waals surface area contributed by atoms with Gasteiger partial charge in [-0.05, 0) is 33.0 Å². The topological polar surface area (TPSA) is 35.6 Å². The molecular formula is C11H23N3O. The van der Waals surface area contributed by atoms with Crippen LogP contribution in [0, 0.1) is 0 Å². The average molecular weight is 213 g/mol. The largest absolute Gasteiger partial charge is 0.340 e. The zero-order chi connectivity index (χ0) is 11.1. The summed E-state index contributed by atoms with van der Waals surface area (Å²) in [6.45, 7) is 7.82. The van der Waals surface area contributed by atoms with Crippen molar-refractivity contribution in [3.63, 3.8) is 0 Å². The Morgan fingerprint density at radius 1 is 1.20 bits per heavy atom. The number of hydrogen-bond acceptors (Lipinski definition) is 3. The second-order valence-corrected chi connectivity index (χ2v) is 4.16. The Balaban J connectivity index is 2.07. The van der Waals surface area contributed by atoms with Crippen molar-refractivity contribution in [2.75, 3.05) is 46.3 Å². The molecule has 0 aromatic carbocycles. The van der Waals surface area contributed by atoms with E-state index in [4.69, 9.17) is 0 Å². The number of carbonyl (C=O) groups excluding carboxylic acids is 1. The maximum atomic E-state index is 11.1. The summed E-state index contributed by atoms with van der Waals surface area (Å²) in [5.41, 5.74) is 0. The first kappa shape index (κ1) is 12.5. The van der Waals surface area contributed by atoms with E-state index in [1.807, 2.05) is 11.9 Å². The standard InChI is InChI=1S/C11H23N3O/c1-11(15)14-9-7-13(8-10-14)6-4-3-5-12-2/h12H,3-10H2,1-2H3. The van der Waals surface area contributed by atoms with Gasteiger partial charge in [0, 0.05) is 33.1 Å². The molecule has 4 nitrogen and oxygen atoms in total. The maximum absolute atomic E-state index is 11.1. The van der Waals surface area contributed by atoms with Crippen LogP contribution in [0.1, 0.15) is 19.8 Å². The lowest BCUT2D eigenvalue weighted by Crippen LogP contribution is -2.48. The molecule has 0 aromatic rings. The lowest BCUT2D eigenvalue weighted by atomic mass is 10.2. The van der Waals surface area contributed by atoms with Crippen LogP contribution < -0.4 is 5.32 Å². The van der Waals surface area contributed by atoms with Gasteiger partial charge in [-0.25, -0.2) is 0 Å². The van der Waals surface area contributed by atoms with Gasteiger partial charge in [0.25, 0.3) is 0 Å². The van der Waals surface area contributed by atoms with Crippen molar-refractivity contribution in [2.24, 2.45) is 0 Å². The third kappa shape index (κ3) is 4.62. The highest BCUT2D eigenvalue weighted by Crippen LogP contribution is 2.03. The van der Waals surface area contributed by atoms with Crippen molar-refractivity contribution >= 4 is 5.91 Å². The Kier molecular flexibility index (Phi) is 5.65. The number of nitrogens with one attached hydrogen (secondary N) is 1. The van der Waals surface area contributed by atoms with E-state index in [-0.39, 0.29) is 5.91 Å². The monoisotopic (exact) mass is 213 g/mol. The van der Waals surface area contributed by atoms with E-state index in [1.165, 1.54) is 19.4 Å². The third-order valence-electron chi connectivity index (χ3n) is 2.97. The van der Waals surface area contributed by atoms with Gasteiger partial charge in [0.05, 0.1) is 0 Å². The number of piperazine rings is 1. The van der Waals surface area contributed by atoms with Crippen LogP contribution in [0.15, 0.2) is 0 Å². The van der Waals surface area contributed by atoms with E-state index in [1.54, 1.807) is 6.92 Å². The smallest absolute Gasteiger partial charge is 0.219 e. The second-order valence-electron chi connectivity index (χ2n) is 4.16. The molecule has 0 aliphatic carbocycles. The zero-order valence-electron chi connectivity index (χ0n) is 9.96. The van der Waals surface area contributed by atoms with Crippen molar-refractivity contribution in [3.05, 3.63) is 0 Å². The first-order chi connectivity index (χ1) is 7.24. The molecule has 0 radical (unpaired) electrons. The molecule has 1 N–H and O–H groups in total. The number of nitrogens with zero attached hydrogens (tertiary/aromatic N) is 2. The van der Waals surface area contributed by atoms with Crippen LogP contribution >= 0.6 is 0 Å². The molecule has 0 aromatic heterocycles. The van der Waals surface area contributed by atoms with Crippen LogP contribution in [-0.2, 0) is 4.79 Å². The highest BCUT2D eigenvalue weighted by molar-refractivity contribution is 5.73. The fraction of sp³-hybridized carbons (Fsp3) is 0.909. The molecule has 88 valence electrons. The summed E-state index contributed by atoms with van der Waals surface area (Å²) in [6.07, 6.45) is 2.49. The molecule has 1 aliphatic rings. The number of rotatable bonds is 5. The number of hydrogen-bond donors (Lipinski definition) is 1. The SMILES string of the molecule is CNCCCCN1CCN(C(C)=O)CC1. The molecule has 1 fully saturated rings. The summed E-state index contributed by atoms with van der Waals surface area (Å²) in [6, 6.07) is 0. The quantitative estimate of drug-likeness (QED) is 0.660. The molecule has 0 saturated carbocycles. The van der Waals surface area contributed by atoms with Crippen LogP contribution in [-0.4, -0.2) is 62.0 Å². The fourth-order valence-corrected chi connectivity index (χ4v) is 1.92. The van der Waals surface area contributed by atoms with Crippen LogP contribution in [0.25, 0.3) is 0 Å². The normalized spacial score (nSPS) is 18.1. The van der Waals surface area contributed by atoms with Crippen molar-refractivity contribution < 1.29 is 4.79 Å². The first-order valence-electron chi connectivity index (χ1n) is 5.86. The van der Waals surface area contributed by atoms with Crippen LogP contribution in [0.5, 0.6) is 0 Å². The predicted octanol–water partition coefficient (Wildman–Crippen LogP) is 0.150. The summed E-state index contributed by atoms with van der Waals surface area (Å²) in [7, 11) is 1.99. The van der Waals surface area contributed by atoms with Gasteiger partial charge in [0.2, 0.25) is 5.91 Å². The van der Waals surface area contributed by atoms with E-state index in [2.05, 4.69) is 10.2 Å². The molecule has 1 amide bonds. The number of carbonyl (C=O) groups is 1. The van der Waals surface area contributed by atoms with Crippen LogP contribution in [0.3, 0.4) is 0 Å². The maximum Gasteiger partial charge on any atom is 0.219 e. The molecule has 1 aliphatic heterocycles. The fourth-order valence-electron chi connectivity index (χ4n) is 1.92. The van der Waals surface area contributed by atoms with Gasteiger partial charge in [-0.1, -0.05) is 0 Å². The molecule has 0 spiro atoms. The van der Waals surface area contributed by atoms with Gasteiger partial charge in [-0.2, -0.15) is 0 Å². The molecule has 4 heteroatoms. The zero-order valence-corrected chi connectivity index (χ0v) is 9.96. The van der Waals surface area contributed by atoms with Gasteiger partial charge >= 0.3 is 0 Å². The molecule has 0 bridgehead atoms. The number of amides is 1. The van der Waals surface area contributed by atoms with Gasteiger partial charge < -0.3 is 10.2 Å². The van der Waals surface area contributed by atoms with Crippen molar-refractivity contribution in [1.82, 2.24) is 15.1 Å².